The molecular formula is C50H54N8. The molecule has 0 spiro atoms. The number of hydrogen-bond acceptors (Lipinski definition) is 8. The largest absolute Gasteiger partial charge is 0.380 e. The van der Waals surface area contributed by atoms with Crippen LogP contribution in [0.2, 0.25) is 0 Å². The molecule has 58 heavy (non-hydrogen) atoms. The fraction of sp³-hybridized carbons (Fsp3) is 0.320. The van der Waals surface area contributed by atoms with Crippen LogP contribution in [-0.4, -0.2) is 53.9 Å². The molecule has 4 heterocycles. The molecule has 9 rings (SSSR count). The van der Waals surface area contributed by atoms with Crippen LogP contribution in [0.1, 0.15) is 74.1 Å². The summed E-state index contributed by atoms with van der Waals surface area (Å²) in [6, 6.07) is 44.5. The van der Waals surface area contributed by atoms with Gasteiger partial charge < -0.3 is 10.6 Å². The van der Waals surface area contributed by atoms with Gasteiger partial charge in [-0.3, -0.25) is 29.7 Å². The van der Waals surface area contributed by atoms with Gasteiger partial charge in [0.05, 0.1) is 22.8 Å². The van der Waals surface area contributed by atoms with Crippen molar-refractivity contribution in [3.05, 3.63) is 169 Å². The lowest BCUT2D eigenvalue weighted by molar-refractivity contribution is 0.125. The van der Waals surface area contributed by atoms with E-state index in [-0.39, 0.29) is 0 Å². The van der Waals surface area contributed by atoms with Gasteiger partial charge in [0, 0.05) is 97.3 Å². The molecule has 7 aromatic rings. The number of pyridine rings is 4. The highest BCUT2D eigenvalue weighted by Crippen LogP contribution is 2.37. The van der Waals surface area contributed by atoms with E-state index >= 15 is 0 Å². The van der Waals surface area contributed by atoms with Gasteiger partial charge in [-0.25, -0.2) is 0 Å². The molecule has 8 nitrogen and oxygen atoms in total. The predicted octanol–water partition coefficient (Wildman–Crippen LogP) is 10.4. The zero-order valence-electron chi connectivity index (χ0n) is 33.3. The smallest absolute Gasteiger partial charge is 0.0544 e. The lowest BCUT2D eigenvalue weighted by atomic mass is 9.88. The van der Waals surface area contributed by atoms with E-state index in [2.05, 4.69) is 117 Å². The van der Waals surface area contributed by atoms with Crippen LogP contribution in [0.15, 0.2) is 146 Å². The average Bonchev–Trinajstić information content (AvgIpc) is 3.27. The Morgan fingerprint density at radius 1 is 0.414 bits per heavy atom. The summed E-state index contributed by atoms with van der Waals surface area (Å²) in [6.07, 6.45) is 17.0. The molecule has 4 aromatic heterocycles. The molecule has 0 amide bonds. The highest BCUT2D eigenvalue weighted by molar-refractivity contribution is 6.07. The molecule has 3 aromatic carbocycles. The first-order valence-electron chi connectivity index (χ1n) is 21.3. The van der Waals surface area contributed by atoms with E-state index in [0.29, 0.717) is 24.2 Å². The second kappa shape index (κ2) is 18.3. The molecular weight excluding hydrogens is 713 g/mol. The van der Waals surface area contributed by atoms with Gasteiger partial charge in [-0.15, -0.1) is 0 Å². The van der Waals surface area contributed by atoms with Crippen molar-refractivity contribution in [1.29, 1.82) is 0 Å². The maximum Gasteiger partial charge on any atom is 0.0544 e. The van der Waals surface area contributed by atoms with Gasteiger partial charge in [-0.1, -0.05) is 74.2 Å². The molecule has 0 radical (unpaired) electrons. The summed E-state index contributed by atoms with van der Waals surface area (Å²) < 4.78 is 0. The molecule has 294 valence electrons. The Balaban J connectivity index is 1.01. The van der Waals surface area contributed by atoms with Gasteiger partial charge in [0.2, 0.25) is 0 Å². The van der Waals surface area contributed by atoms with Crippen molar-refractivity contribution in [3.63, 3.8) is 0 Å². The topological polar surface area (TPSA) is 82.1 Å². The van der Waals surface area contributed by atoms with E-state index in [0.717, 1.165) is 74.6 Å². The molecule has 0 bridgehead atoms. The minimum atomic E-state index is 0.294. The van der Waals surface area contributed by atoms with Crippen molar-refractivity contribution >= 4 is 32.9 Å². The van der Waals surface area contributed by atoms with Crippen molar-refractivity contribution in [2.45, 2.75) is 102 Å². The summed E-state index contributed by atoms with van der Waals surface area (Å²) >= 11 is 0. The van der Waals surface area contributed by atoms with Crippen LogP contribution >= 0.6 is 0 Å². The highest BCUT2D eigenvalue weighted by atomic mass is 15.2. The first-order chi connectivity index (χ1) is 28.7. The summed E-state index contributed by atoms with van der Waals surface area (Å²) in [5.74, 6) is 0. The monoisotopic (exact) mass is 766 g/mol. The third-order valence-electron chi connectivity index (χ3n) is 12.3. The third-order valence-corrected chi connectivity index (χ3v) is 12.3. The number of benzene rings is 3. The van der Waals surface area contributed by atoms with E-state index in [9.17, 15) is 0 Å². The first kappa shape index (κ1) is 37.9. The molecule has 2 aliphatic rings. The van der Waals surface area contributed by atoms with Gasteiger partial charge >= 0.3 is 0 Å². The van der Waals surface area contributed by atoms with E-state index < -0.39 is 0 Å². The van der Waals surface area contributed by atoms with E-state index in [1.807, 2.05) is 49.1 Å². The van der Waals surface area contributed by atoms with Crippen LogP contribution < -0.4 is 10.6 Å². The standard InChI is InChI=1S/C50H54N8/c1-3-25-49(57(33-39-17-5-9-27-51-39)34-40-18-6-10-28-52-40)47(21-1)55-45-23-13-15-37-31-38-16-14-24-46(44(38)32-43(37)45)56-48-22-2-4-26-50(48)58(35-41-19-7-11-29-53-41)36-42-20-8-12-30-54-42/h5-20,23-24,27-32,47-50,55-56H,1-4,21-22,25-26,33-36H2/t47-,48-,49-,50-/m1/s1. The molecule has 0 saturated heterocycles. The predicted molar refractivity (Wildman–Crippen MR) is 236 cm³/mol. The molecule has 2 aliphatic carbocycles. The number of fused-ring (bicyclic) bond motifs is 2. The van der Waals surface area contributed by atoms with Gasteiger partial charge in [-0.05, 0) is 109 Å². The summed E-state index contributed by atoms with van der Waals surface area (Å²) in [7, 11) is 0. The Morgan fingerprint density at radius 2 is 0.793 bits per heavy atom. The maximum atomic E-state index is 4.74. The summed E-state index contributed by atoms with van der Waals surface area (Å²) in [5, 5.41) is 13.3. The van der Waals surface area contributed by atoms with Crippen molar-refractivity contribution in [3.8, 4) is 0 Å². The molecule has 8 heteroatoms. The molecule has 2 fully saturated rings. The third kappa shape index (κ3) is 9.04. The number of nitrogens with one attached hydrogen (secondary N) is 2. The Morgan fingerprint density at radius 3 is 1.16 bits per heavy atom. The van der Waals surface area contributed by atoms with Crippen LogP contribution in [0.3, 0.4) is 0 Å². The minimum Gasteiger partial charge on any atom is -0.380 e. The lowest BCUT2D eigenvalue weighted by Gasteiger charge is -2.41. The quantitative estimate of drug-likeness (QED) is 0.106. The summed E-state index contributed by atoms with van der Waals surface area (Å²) in [6.45, 7) is 3.16. The molecule has 0 aliphatic heterocycles. The van der Waals surface area contributed by atoms with Crippen LogP contribution in [0.25, 0.3) is 21.5 Å². The molecule has 2 saturated carbocycles. The number of rotatable bonds is 14. The number of nitrogens with zero attached hydrogens (tertiary/aromatic N) is 6. The van der Waals surface area contributed by atoms with Gasteiger partial charge in [-0.2, -0.15) is 0 Å². The fourth-order valence-corrected chi connectivity index (χ4v) is 9.52. The summed E-state index contributed by atoms with van der Waals surface area (Å²) in [5.41, 5.74) is 6.78. The SMILES string of the molecule is c1ccc(CN(Cc2ccccn2)[C@@H]2CCCC[C@H]2Nc2cccc3cc4cccc(N[C@@H]5CCCC[C@H]5N(Cc5ccccn5)Cc5ccccn5)c4cc23)nc1. The zero-order valence-corrected chi connectivity index (χ0v) is 33.3. The average molecular weight is 767 g/mol. The van der Waals surface area contributed by atoms with E-state index in [1.165, 1.54) is 58.6 Å². The van der Waals surface area contributed by atoms with Crippen LogP contribution in [-0.2, 0) is 26.2 Å². The highest BCUT2D eigenvalue weighted by Gasteiger charge is 2.33. The fourth-order valence-electron chi connectivity index (χ4n) is 9.52. The number of anilines is 2. The zero-order chi connectivity index (χ0) is 38.9. The van der Waals surface area contributed by atoms with Gasteiger partial charge in [0.25, 0.3) is 0 Å². The Labute approximate surface area is 342 Å². The van der Waals surface area contributed by atoms with Gasteiger partial charge in [0.15, 0.2) is 0 Å². The van der Waals surface area contributed by atoms with Crippen molar-refractivity contribution in [1.82, 2.24) is 29.7 Å². The summed E-state index contributed by atoms with van der Waals surface area (Å²) in [4.78, 5) is 24.2. The Hall–Kier alpha value is -5.70. The van der Waals surface area contributed by atoms with Crippen molar-refractivity contribution < 1.29 is 0 Å². The van der Waals surface area contributed by atoms with Crippen LogP contribution in [0.5, 0.6) is 0 Å². The van der Waals surface area contributed by atoms with Crippen molar-refractivity contribution in [2.75, 3.05) is 10.6 Å². The normalized spacial score (nSPS) is 19.8. The molecule has 2 N–H and O–H groups in total. The number of hydrogen-bond donors (Lipinski definition) is 2. The second-order valence-corrected chi connectivity index (χ2v) is 16.2. The Bertz CT molecular complexity index is 2110. The maximum absolute atomic E-state index is 4.74. The van der Waals surface area contributed by atoms with Crippen molar-refractivity contribution in [2.24, 2.45) is 0 Å². The first-order valence-corrected chi connectivity index (χ1v) is 21.3. The molecule has 4 atom stereocenters. The minimum absolute atomic E-state index is 0.294. The van der Waals surface area contributed by atoms with E-state index in [1.54, 1.807) is 0 Å². The Kier molecular flexibility index (Phi) is 11.9. The lowest BCUT2D eigenvalue weighted by Crippen LogP contribution is -2.48. The van der Waals surface area contributed by atoms with E-state index in [4.69, 9.17) is 19.9 Å². The molecule has 0 unspecified atom stereocenters. The van der Waals surface area contributed by atoms with Gasteiger partial charge in [0.1, 0.15) is 0 Å². The van der Waals surface area contributed by atoms with Crippen LogP contribution in [0, 0.1) is 0 Å². The van der Waals surface area contributed by atoms with Crippen LogP contribution in [0.4, 0.5) is 11.4 Å². The number of aromatic nitrogens is 4. The second-order valence-electron chi connectivity index (χ2n) is 16.2.